The Morgan fingerprint density at radius 3 is 2.34 bits per heavy atom. The fourth-order valence-electron chi connectivity index (χ4n) is 3.74. The maximum Gasteiger partial charge on any atom is 0.292 e. The van der Waals surface area contributed by atoms with E-state index in [0.29, 0.717) is 18.3 Å². The minimum atomic E-state index is -0.377. The van der Waals surface area contributed by atoms with E-state index in [1.807, 2.05) is 45.0 Å². The lowest BCUT2D eigenvalue weighted by Gasteiger charge is -2.24. The van der Waals surface area contributed by atoms with Crippen LogP contribution >= 0.6 is 0 Å². The number of nitrogens with zero attached hydrogens (tertiary/aromatic N) is 3. The van der Waals surface area contributed by atoms with Crippen LogP contribution in [0.2, 0.25) is 0 Å². The van der Waals surface area contributed by atoms with Gasteiger partial charge in [0.1, 0.15) is 5.82 Å². The monoisotopic (exact) mass is 475 g/mol. The number of carbonyl (C=O) groups excluding carboxylic acids is 2. The summed E-state index contributed by atoms with van der Waals surface area (Å²) in [6.45, 7) is 12.6. The summed E-state index contributed by atoms with van der Waals surface area (Å²) in [4.78, 5) is 33.3. The first-order valence-electron chi connectivity index (χ1n) is 11.9. The van der Waals surface area contributed by atoms with Crippen LogP contribution in [-0.2, 0) is 22.2 Å². The van der Waals surface area contributed by atoms with E-state index >= 15 is 0 Å². The van der Waals surface area contributed by atoms with Gasteiger partial charge in [-0.3, -0.25) is 9.59 Å². The van der Waals surface area contributed by atoms with Crippen molar-refractivity contribution >= 4 is 17.6 Å². The molecule has 2 amide bonds. The molecule has 1 aromatic carbocycles. The van der Waals surface area contributed by atoms with Crippen LogP contribution in [0.5, 0.6) is 0 Å². The summed E-state index contributed by atoms with van der Waals surface area (Å²) in [5.41, 5.74) is 3.62. The van der Waals surface area contributed by atoms with Gasteiger partial charge < -0.3 is 15.2 Å². The lowest BCUT2D eigenvalue weighted by Crippen LogP contribution is -2.26. The van der Waals surface area contributed by atoms with Gasteiger partial charge in [-0.25, -0.2) is 4.98 Å². The van der Waals surface area contributed by atoms with E-state index in [0.717, 1.165) is 35.1 Å². The van der Waals surface area contributed by atoms with Crippen molar-refractivity contribution in [2.45, 2.75) is 71.8 Å². The van der Waals surface area contributed by atoms with Crippen LogP contribution in [0.4, 0.5) is 5.82 Å². The molecule has 8 nitrogen and oxygen atoms in total. The molecule has 1 aliphatic carbocycles. The number of rotatable bonds is 6. The van der Waals surface area contributed by atoms with Crippen LogP contribution in [0.3, 0.4) is 0 Å². The summed E-state index contributed by atoms with van der Waals surface area (Å²) < 4.78 is 5.24. The van der Waals surface area contributed by atoms with Gasteiger partial charge in [-0.15, -0.1) is 0 Å². The molecule has 1 saturated carbocycles. The second-order valence-corrected chi connectivity index (χ2v) is 11.2. The molecule has 0 unspecified atom stereocenters. The second-order valence-electron chi connectivity index (χ2n) is 11.2. The molecule has 2 N–H and O–H groups in total. The summed E-state index contributed by atoms with van der Waals surface area (Å²) in [5, 5.41) is 9.66. The summed E-state index contributed by atoms with van der Waals surface area (Å²) in [6, 6.07) is 10.0. The molecule has 3 aromatic rings. The maximum absolute atomic E-state index is 12.6. The van der Waals surface area contributed by atoms with Crippen molar-refractivity contribution in [3.05, 3.63) is 59.4 Å². The molecule has 1 aliphatic rings. The normalized spacial score (nSPS) is 14.0. The van der Waals surface area contributed by atoms with Gasteiger partial charge in [-0.2, -0.15) is 4.98 Å². The highest BCUT2D eigenvalue weighted by atomic mass is 16.5. The third kappa shape index (κ3) is 5.93. The molecule has 4 rings (SSSR count). The third-order valence-corrected chi connectivity index (χ3v) is 5.92. The quantitative estimate of drug-likeness (QED) is 0.519. The van der Waals surface area contributed by atoms with Crippen molar-refractivity contribution < 1.29 is 14.1 Å². The SMILES string of the molecule is CC(C)(C)c1nc(C(=O)NCc2ccc(-c3ccnc(NC(=O)C4CC4)c3)cc2C(C)(C)C)no1. The first kappa shape index (κ1) is 24.6. The topological polar surface area (TPSA) is 110 Å². The average Bonchev–Trinajstić information content (AvgIpc) is 3.52. The zero-order valence-corrected chi connectivity index (χ0v) is 21.2. The lowest BCUT2D eigenvalue weighted by atomic mass is 9.82. The summed E-state index contributed by atoms with van der Waals surface area (Å²) in [6.07, 6.45) is 3.60. The van der Waals surface area contributed by atoms with Crippen LogP contribution in [0, 0.1) is 5.92 Å². The number of hydrogen-bond acceptors (Lipinski definition) is 6. The highest BCUT2D eigenvalue weighted by molar-refractivity contribution is 5.93. The molecule has 2 aromatic heterocycles. The largest absolute Gasteiger partial charge is 0.345 e. The summed E-state index contributed by atoms with van der Waals surface area (Å²) >= 11 is 0. The molecular formula is C27H33N5O3. The number of benzene rings is 1. The standard InChI is InChI=1S/C27H33N5O3/c1-26(2,3)20-13-17(18-11-12-28-21(14-18)30-23(33)16-7-8-16)9-10-19(20)15-29-24(34)22-31-25(35-32-22)27(4,5)6/h9-14,16H,7-8,15H2,1-6H3,(H,29,34)(H,28,30,33). The molecule has 1 fully saturated rings. The summed E-state index contributed by atoms with van der Waals surface area (Å²) in [7, 11) is 0. The first-order chi connectivity index (χ1) is 16.4. The van der Waals surface area contributed by atoms with Crippen molar-refractivity contribution in [2.75, 3.05) is 5.32 Å². The zero-order valence-electron chi connectivity index (χ0n) is 21.2. The zero-order chi connectivity index (χ0) is 25.4. The third-order valence-electron chi connectivity index (χ3n) is 5.92. The van der Waals surface area contributed by atoms with Crippen LogP contribution in [0.25, 0.3) is 11.1 Å². The molecule has 2 heterocycles. The Balaban J connectivity index is 1.53. The van der Waals surface area contributed by atoms with Gasteiger partial charge in [-0.05, 0) is 52.6 Å². The number of carbonyl (C=O) groups is 2. The van der Waals surface area contributed by atoms with Crippen LogP contribution < -0.4 is 10.6 Å². The number of aromatic nitrogens is 3. The highest BCUT2D eigenvalue weighted by Gasteiger charge is 2.30. The Morgan fingerprint density at radius 1 is 1.00 bits per heavy atom. The first-order valence-corrected chi connectivity index (χ1v) is 11.9. The summed E-state index contributed by atoms with van der Waals surface area (Å²) in [5.74, 6) is 0.789. The predicted molar refractivity (Wildman–Crippen MR) is 134 cm³/mol. The fourth-order valence-corrected chi connectivity index (χ4v) is 3.74. The van der Waals surface area contributed by atoms with Gasteiger partial charge in [-0.1, -0.05) is 64.9 Å². The Labute approximate surface area is 205 Å². The van der Waals surface area contributed by atoms with Crippen molar-refractivity contribution in [2.24, 2.45) is 5.92 Å². The Hall–Kier alpha value is -3.55. The van der Waals surface area contributed by atoms with E-state index < -0.39 is 0 Å². The van der Waals surface area contributed by atoms with Crippen molar-refractivity contribution in [1.29, 1.82) is 0 Å². The average molecular weight is 476 g/mol. The van der Waals surface area contributed by atoms with Crippen molar-refractivity contribution in [1.82, 2.24) is 20.4 Å². The molecule has 184 valence electrons. The van der Waals surface area contributed by atoms with Gasteiger partial charge in [0.25, 0.3) is 11.7 Å². The molecule has 0 bridgehead atoms. The molecule has 8 heteroatoms. The number of nitrogens with one attached hydrogen (secondary N) is 2. The Bertz CT molecular complexity index is 1250. The maximum atomic E-state index is 12.6. The number of hydrogen-bond donors (Lipinski definition) is 2. The van der Waals surface area contributed by atoms with Gasteiger partial charge in [0, 0.05) is 24.1 Å². The lowest BCUT2D eigenvalue weighted by molar-refractivity contribution is -0.117. The van der Waals surface area contributed by atoms with Crippen LogP contribution in [0.15, 0.2) is 41.1 Å². The minimum Gasteiger partial charge on any atom is -0.345 e. The highest BCUT2D eigenvalue weighted by Crippen LogP contribution is 2.33. The molecule has 0 aliphatic heterocycles. The van der Waals surface area contributed by atoms with Crippen LogP contribution in [-0.4, -0.2) is 26.9 Å². The predicted octanol–water partition coefficient (Wildman–Crippen LogP) is 5.01. The molecule has 0 saturated heterocycles. The van der Waals surface area contributed by atoms with Gasteiger partial charge in [0.2, 0.25) is 11.8 Å². The smallest absolute Gasteiger partial charge is 0.292 e. The Morgan fingerprint density at radius 2 is 1.71 bits per heavy atom. The Kier molecular flexibility index (Phi) is 6.49. The van der Waals surface area contributed by atoms with Crippen molar-refractivity contribution in [3.8, 4) is 11.1 Å². The van der Waals surface area contributed by atoms with Gasteiger partial charge >= 0.3 is 0 Å². The fraction of sp³-hybridized carbons (Fsp3) is 0.444. The number of anilines is 1. The van der Waals surface area contributed by atoms with Gasteiger partial charge in [0.05, 0.1) is 0 Å². The van der Waals surface area contributed by atoms with E-state index in [9.17, 15) is 9.59 Å². The molecular weight excluding hydrogens is 442 g/mol. The van der Waals surface area contributed by atoms with E-state index in [-0.39, 0.29) is 34.4 Å². The molecule has 0 spiro atoms. The molecule has 0 radical (unpaired) electrons. The van der Waals surface area contributed by atoms with Gasteiger partial charge in [0.15, 0.2) is 0 Å². The van der Waals surface area contributed by atoms with E-state index in [4.69, 9.17) is 4.52 Å². The molecule has 35 heavy (non-hydrogen) atoms. The second kappa shape index (κ2) is 9.24. The number of amides is 2. The minimum absolute atomic E-state index is 0.0291. The van der Waals surface area contributed by atoms with E-state index in [2.05, 4.69) is 52.6 Å². The number of pyridine rings is 1. The van der Waals surface area contributed by atoms with E-state index in [1.54, 1.807) is 6.20 Å². The molecule has 0 atom stereocenters. The van der Waals surface area contributed by atoms with Crippen molar-refractivity contribution in [3.63, 3.8) is 0 Å². The van der Waals surface area contributed by atoms with E-state index in [1.165, 1.54) is 0 Å². The van der Waals surface area contributed by atoms with Crippen LogP contribution in [0.1, 0.15) is 82.0 Å².